The summed E-state index contributed by atoms with van der Waals surface area (Å²) in [5.41, 5.74) is 4.91. The van der Waals surface area contributed by atoms with Gasteiger partial charge in [-0.15, -0.1) is 11.3 Å². The summed E-state index contributed by atoms with van der Waals surface area (Å²) in [4.78, 5) is 4.73. The van der Waals surface area contributed by atoms with Crippen LogP contribution in [0.2, 0.25) is 0 Å². The zero-order chi connectivity index (χ0) is 13.4. The summed E-state index contributed by atoms with van der Waals surface area (Å²) in [5.74, 6) is 0. The average molecular weight is 337 g/mol. The third-order valence-corrected chi connectivity index (χ3v) is 5.58. The summed E-state index contributed by atoms with van der Waals surface area (Å²) in [6, 6.07) is 5.14. The minimum atomic E-state index is 0.738. The van der Waals surface area contributed by atoms with Gasteiger partial charge in [-0.05, 0) is 49.9 Å². The Hall–Kier alpha value is -0.710. The van der Waals surface area contributed by atoms with Crippen LogP contribution >= 0.6 is 27.3 Å². The number of benzene rings is 1. The highest BCUT2D eigenvalue weighted by atomic mass is 79.9. The van der Waals surface area contributed by atoms with E-state index in [2.05, 4.69) is 52.6 Å². The third kappa shape index (κ3) is 3.07. The van der Waals surface area contributed by atoms with Crippen molar-refractivity contribution in [2.45, 2.75) is 39.3 Å². The van der Waals surface area contributed by atoms with Gasteiger partial charge in [-0.3, -0.25) is 0 Å². The van der Waals surface area contributed by atoms with Gasteiger partial charge in [0.05, 0.1) is 5.69 Å². The molecular formula is C15H17BrN2S. The molecule has 100 valence electrons. The van der Waals surface area contributed by atoms with Crippen molar-refractivity contribution in [1.29, 1.82) is 0 Å². The van der Waals surface area contributed by atoms with Crippen molar-refractivity contribution in [2.24, 2.45) is 0 Å². The quantitative estimate of drug-likeness (QED) is 0.892. The summed E-state index contributed by atoms with van der Waals surface area (Å²) in [7, 11) is 0. The van der Waals surface area contributed by atoms with Gasteiger partial charge in [-0.2, -0.15) is 0 Å². The molecule has 3 rings (SSSR count). The molecule has 2 aromatic rings. The van der Waals surface area contributed by atoms with Gasteiger partial charge in [0.25, 0.3) is 0 Å². The van der Waals surface area contributed by atoms with Crippen LogP contribution in [0.15, 0.2) is 22.0 Å². The SMILES string of the molecule is Cc1cc(-c2nc(CNC3CC3)cs2)cc(C)c1Br. The van der Waals surface area contributed by atoms with Crippen LogP contribution in [0.1, 0.15) is 29.7 Å². The molecular weight excluding hydrogens is 320 g/mol. The molecule has 0 radical (unpaired) electrons. The van der Waals surface area contributed by atoms with Crippen LogP contribution in [-0.4, -0.2) is 11.0 Å². The van der Waals surface area contributed by atoms with E-state index in [1.165, 1.54) is 34.0 Å². The highest BCUT2D eigenvalue weighted by Gasteiger charge is 2.20. The Morgan fingerprint density at radius 3 is 2.63 bits per heavy atom. The van der Waals surface area contributed by atoms with Crippen LogP contribution in [0.25, 0.3) is 10.6 Å². The molecule has 1 aromatic carbocycles. The largest absolute Gasteiger partial charge is 0.308 e. The first kappa shape index (κ1) is 13.3. The summed E-state index contributed by atoms with van der Waals surface area (Å²) in [6.45, 7) is 5.16. The number of nitrogens with zero attached hydrogens (tertiary/aromatic N) is 1. The van der Waals surface area contributed by atoms with Crippen molar-refractivity contribution >= 4 is 27.3 Å². The summed E-state index contributed by atoms with van der Waals surface area (Å²) < 4.78 is 1.20. The van der Waals surface area contributed by atoms with Gasteiger partial charge in [-0.1, -0.05) is 15.9 Å². The van der Waals surface area contributed by atoms with Crippen molar-refractivity contribution in [2.75, 3.05) is 0 Å². The molecule has 19 heavy (non-hydrogen) atoms. The lowest BCUT2D eigenvalue weighted by Gasteiger charge is -2.05. The predicted molar refractivity (Wildman–Crippen MR) is 84.6 cm³/mol. The number of halogens is 1. The van der Waals surface area contributed by atoms with Crippen molar-refractivity contribution in [1.82, 2.24) is 10.3 Å². The number of hydrogen-bond acceptors (Lipinski definition) is 3. The van der Waals surface area contributed by atoms with Crippen LogP contribution in [-0.2, 0) is 6.54 Å². The van der Waals surface area contributed by atoms with E-state index >= 15 is 0 Å². The first-order valence-electron chi connectivity index (χ1n) is 6.58. The maximum Gasteiger partial charge on any atom is 0.123 e. The van der Waals surface area contributed by atoms with Crippen molar-refractivity contribution < 1.29 is 0 Å². The third-order valence-electron chi connectivity index (χ3n) is 3.38. The van der Waals surface area contributed by atoms with Gasteiger partial charge in [0.1, 0.15) is 5.01 Å². The smallest absolute Gasteiger partial charge is 0.123 e. The van der Waals surface area contributed by atoms with E-state index in [1.54, 1.807) is 11.3 Å². The van der Waals surface area contributed by atoms with Crippen LogP contribution in [0.3, 0.4) is 0 Å². The molecule has 0 amide bonds. The molecule has 1 aliphatic rings. The highest BCUT2D eigenvalue weighted by molar-refractivity contribution is 9.10. The van der Waals surface area contributed by atoms with E-state index < -0.39 is 0 Å². The van der Waals surface area contributed by atoms with Crippen LogP contribution < -0.4 is 5.32 Å². The Morgan fingerprint density at radius 2 is 2.00 bits per heavy atom. The van der Waals surface area contributed by atoms with E-state index in [1.807, 2.05) is 0 Å². The molecule has 0 bridgehead atoms. The second-order valence-electron chi connectivity index (χ2n) is 5.22. The minimum absolute atomic E-state index is 0.738. The first-order chi connectivity index (χ1) is 9.13. The average Bonchev–Trinajstić information content (AvgIpc) is 3.10. The molecule has 1 N–H and O–H groups in total. The van der Waals surface area contributed by atoms with Crippen LogP contribution in [0, 0.1) is 13.8 Å². The Bertz CT molecular complexity index is 579. The molecule has 0 atom stereocenters. The Morgan fingerprint density at radius 1 is 1.32 bits per heavy atom. The minimum Gasteiger partial charge on any atom is -0.308 e. The lowest BCUT2D eigenvalue weighted by Crippen LogP contribution is -2.15. The van der Waals surface area contributed by atoms with Gasteiger partial charge >= 0.3 is 0 Å². The highest BCUT2D eigenvalue weighted by Crippen LogP contribution is 2.30. The van der Waals surface area contributed by atoms with Gasteiger partial charge in [0, 0.05) is 28.0 Å². The van der Waals surface area contributed by atoms with Crippen LogP contribution in [0.4, 0.5) is 0 Å². The maximum atomic E-state index is 4.73. The number of nitrogens with one attached hydrogen (secondary N) is 1. The summed E-state index contributed by atoms with van der Waals surface area (Å²) in [5, 5.41) is 6.79. The molecule has 4 heteroatoms. The number of hydrogen-bond donors (Lipinski definition) is 1. The predicted octanol–water partition coefficient (Wildman–Crippen LogP) is 4.44. The molecule has 2 nitrogen and oxygen atoms in total. The molecule has 1 fully saturated rings. The number of rotatable bonds is 4. The lowest BCUT2D eigenvalue weighted by atomic mass is 10.1. The van der Waals surface area contributed by atoms with Gasteiger partial charge in [0.2, 0.25) is 0 Å². The van der Waals surface area contributed by atoms with E-state index in [0.717, 1.165) is 23.3 Å². The van der Waals surface area contributed by atoms with Crippen molar-refractivity contribution in [3.05, 3.63) is 38.8 Å². The lowest BCUT2D eigenvalue weighted by molar-refractivity contribution is 0.678. The molecule has 0 aliphatic heterocycles. The Kier molecular flexibility index (Phi) is 3.74. The van der Waals surface area contributed by atoms with Crippen molar-refractivity contribution in [3.8, 4) is 10.6 Å². The molecule has 1 heterocycles. The van der Waals surface area contributed by atoms with E-state index in [-0.39, 0.29) is 0 Å². The number of aryl methyl sites for hydroxylation is 2. The molecule has 0 saturated heterocycles. The van der Waals surface area contributed by atoms with Gasteiger partial charge in [-0.25, -0.2) is 4.98 Å². The van der Waals surface area contributed by atoms with Gasteiger partial charge < -0.3 is 5.32 Å². The fourth-order valence-electron chi connectivity index (χ4n) is 2.13. The molecule has 1 saturated carbocycles. The molecule has 0 spiro atoms. The Balaban J connectivity index is 1.81. The van der Waals surface area contributed by atoms with Crippen LogP contribution in [0.5, 0.6) is 0 Å². The summed E-state index contributed by atoms with van der Waals surface area (Å²) in [6.07, 6.45) is 2.64. The standard InChI is InChI=1S/C15H17BrN2S/c1-9-5-11(6-10(2)14(9)16)15-18-13(8-19-15)7-17-12-3-4-12/h5-6,8,12,17H,3-4,7H2,1-2H3. The van der Waals surface area contributed by atoms with E-state index in [9.17, 15) is 0 Å². The normalized spacial score (nSPS) is 14.9. The van der Waals surface area contributed by atoms with E-state index in [0.29, 0.717) is 0 Å². The van der Waals surface area contributed by atoms with Crippen molar-refractivity contribution in [3.63, 3.8) is 0 Å². The van der Waals surface area contributed by atoms with Gasteiger partial charge in [0.15, 0.2) is 0 Å². The summed E-state index contributed by atoms with van der Waals surface area (Å²) >= 11 is 5.34. The number of thiazole rings is 1. The molecule has 1 aromatic heterocycles. The van der Waals surface area contributed by atoms with E-state index in [4.69, 9.17) is 4.98 Å². The zero-order valence-corrected chi connectivity index (χ0v) is 13.6. The first-order valence-corrected chi connectivity index (χ1v) is 8.25. The topological polar surface area (TPSA) is 24.9 Å². The maximum absolute atomic E-state index is 4.73. The number of aromatic nitrogens is 1. The second-order valence-corrected chi connectivity index (χ2v) is 6.87. The monoisotopic (exact) mass is 336 g/mol. The zero-order valence-electron chi connectivity index (χ0n) is 11.2. The fourth-order valence-corrected chi connectivity index (χ4v) is 3.16. The molecule has 0 unspecified atom stereocenters. The Labute approximate surface area is 126 Å². The molecule has 1 aliphatic carbocycles. The second kappa shape index (κ2) is 5.35. The fraction of sp³-hybridized carbons (Fsp3) is 0.400.